The number of nitrogens with two attached hydrogens (primary N) is 1. The monoisotopic (exact) mass is 381 g/mol. The number of nitrogens with one attached hydrogen (secondary N) is 1. The molecule has 6 nitrogen and oxygen atoms in total. The van der Waals surface area contributed by atoms with Gasteiger partial charge in [0.15, 0.2) is 0 Å². The number of nitrogens with zero attached hydrogens (tertiary/aromatic N) is 1. The fraction of sp³-hybridized carbons (Fsp3) is 0.632. The minimum Gasteiger partial charge on any atom is -0.352 e. The number of rotatable bonds is 7. The number of amides is 1. The van der Waals surface area contributed by atoms with Crippen molar-refractivity contribution >= 4 is 15.9 Å². The smallest absolute Gasteiger partial charge is 0.243 e. The zero-order chi connectivity index (χ0) is 19.3. The van der Waals surface area contributed by atoms with Crippen LogP contribution in [-0.4, -0.2) is 44.3 Å². The van der Waals surface area contributed by atoms with E-state index >= 15 is 0 Å². The maximum Gasteiger partial charge on any atom is 0.243 e. The van der Waals surface area contributed by atoms with Crippen LogP contribution >= 0.6 is 0 Å². The molecule has 1 aromatic rings. The molecule has 0 aromatic heterocycles. The van der Waals surface area contributed by atoms with Gasteiger partial charge in [-0.25, -0.2) is 8.42 Å². The molecule has 146 valence electrons. The van der Waals surface area contributed by atoms with Gasteiger partial charge in [0, 0.05) is 25.7 Å². The number of sulfonamides is 1. The molecular formula is C19H31N3O3S. The number of aryl methyl sites for hydroxylation is 1. The molecule has 1 aliphatic heterocycles. The molecular weight excluding hydrogens is 350 g/mol. The highest BCUT2D eigenvalue weighted by atomic mass is 32.2. The predicted molar refractivity (Wildman–Crippen MR) is 103 cm³/mol. The van der Waals surface area contributed by atoms with E-state index in [1.54, 1.807) is 24.3 Å². The molecule has 1 fully saturated rings. The van der Waals surface area contributed by atoms with Gasteiger partial charge in [-0.1, -0.05) is 31.5 Å². The van der Waals surface area contributed by atoms with Crippen LogP contribution in [0.25, 0.3) is 0 Å². The molecule has 1 aromatic carbocycles. The first kappa shape index (κ1) is 20.9. The van der Waals surface area contributed by atoms with E-state index in [2.05, 4.69) is 19.2 Å². The van der Waals surface area contributed by atoms with Crippen LogP contribution in [0.15, 0.2) is 29.2 Å². The van der Waals surface area contributed by atoms with E-state index < -0.39 is 10.0 Å². The standard InChI is InChI=1S/C19H31N3O3S/c1-14(2)11-17(12-20)21-19(23)16-5-4-10-22(13-16)26(24,25)18-8-6-15(3)7-9-18/h6-9,14,16-17H,4-5,10-13,20H2,1-3H3,(H,21,23). The Kier molecular flexibility index (Phi) is 7.20. The molecule has 0 aliphatic carbocycles. The third kappa shape index (κ3) is 5.28. The van der Waals surface area contributed by atoms with E-state index in [-0.39, 0.29) is 29.3 Å². The molecule has 1 heterocycles. The summed E-state index contributed by atoms with van der Waals surface area (Å²) in [6.07, 6.45) is 2.20. The summed E-state index contributed by atoms with van der Waals surface area (Å²) in [6, 6.07) is 6.77. The van der Waals surface area contributed by atoms with Crippen molar-refractivity contribution in [1.82, 2.24) is 9.62 Å². The maximum absolute atomic E-state index is 12.9. The zero-order valence-corrected chi connectivity index (χ0v) is 16.8. The molecule has 0 bridgehead atoms. The van der Waals surface area contributed by atoms with Gasteiger partial charge in [-0.2, -0.15) is 4.31 Å². The molecule has 3 N–H and O–H groups in total. The molecule has 2 rings (SSSR count). The minimum absolute atomic E-state index is 0.0633. The van der Waals surface area contributed by atoms with Crippen molar-refractivity contribution in [2.75, 3.05) is 19.6 Å². The fourth-order valence-corrected chi connectivity index (χ4v) is 4.86. The Balaban J connectivity index is 2.06. The molecule has 1 amide bonds. The van der Waals surface area contributed by atoms with Crippen molar-refractivity contribution < 1.29 is 13.2 Å². The van der Waals surface area contributed by atoms with Crippen LogP contribution in [0, 0.1) is 18.8 Å². The SMILES string of the molecule is Cc1ccc(S(=O)(=O)N2CCCC(C(=O)NC(CN)CC(C)C)C2)cc1. The third-order valence-corrected chi connectivity index (χ3v) is 6.68. The lowest BCUT2D eigenvalue weighted by Crippen LogP contribution is -2.49. The highest BCUT2D eigenvalue weighted by Gasteiger charge is 2.33. The lowest BCUT2D eigenvalue weighted by Gasteiger charge is -2.32. The van der Waals surface area contributed by atoms with Crippen LogP contribution in [0.4, 0.5) is 0 Å². The van der Waals surface area contributed by atoms with E-state index in [1.165, 1.54) is 4.31 Å². The Morgan fingerprint density at radius 2 is 1.96 bits per heavy atom. The number of carbonyl (C=O) groups excluding carboxylic acids is 1. The number of carbonyl (C=O) groups is 1. The van der Waals surface area contributed by atoms with E-state index in [9.17, 15) is 13.2 Å². The van der Waals surface area contributed by atoms with Gasteiger partial charge >= 0.3 is 0 Å². The van der Waals surface area contributed by atoms with E-state index in [0.29, 0.717) is 31.8 Å². The van der Waals surface area contributed by atoms with Crippen molar-refractivity contribution in [3.05, 3.63) is 29.8 Å². The van der Waals surface area contributed by atoms with Gasteiger partial charge in [0.25, 0.3) is 0 Å². The summed E-state index contributed by atoms with van der Waals surface area (Å²) >= 11 is 0. The van der Waals surface area contributed by atoms with Gasteiger partial charge in [0.05, 0.1) is 10.8 Å². The molecule has 0 saturated carbocycles. The van der Waals surface area contributed by atoms with Crippen LogP contribution < -0.4 is 11.1 Å². The Hall–Kier alpha value is -1.44. The van der Waals surface area contributed by atoms with Gasteiger partial charge in [0.2, 0.25) is 15.9 Å². The first-order chi connectivity index (χ1) is 12.2. The van der Waals surface area contributed by atoms with E-state index in [4.69, 9.17) is 5.73 Å². The number of hydrogen-bond acceptors (Lipinski definition) is 4. The largest absolute Gasteiger partial charge is 0.352 e. The van der Waals surface area contributed by atoms with Crippen molar-refractivity contribution in [3.63, 3.8) is 0 Å². The lowest BCUT2D eigenvalue weighted by atomic mass is 9.97. The number of hydrogen-bond donors (Lipinski definition) is 2. The van der Waals surface area contributed by atoms with Crippen molar-refractivity contribution in [3.8, 4) is 0 Å². The van der Waals surface area contributed by atoms with Gasteiger partial charge < -0.3 is 11.1 Å². The summed E-state index contributed by atoms with van der Waals surface area (Å²) in [6.45, 7) is 7.16. The molecule has 7 heteroatoms. The first-order valence-corrected chi connectivity index (χ1v) is 10.7. The molecule has 26 heavy (non-hydrogen) atoms. The van der Waals surface area contributed by atoms with Crippen LogP contribution in [0.5, 0.6) is 0 Å². The Labute approximate surface area is 157 Å². The van der Waals surface area contributed by atoms with Gasteiger partial charge in [-0.15, -0.1) is 0 Å². The molecule has 1 saturated heterocycles. The predicted octanol–water partition coefficient (Wildman–Crippen LogP) is 1.89. The summed E-state index contributed by atoms with van der Waals surface area (Å²) in [7, 11) is -3.57. The van der Waals surface area contributed by atoms with Crippen LogP contribution in [0.2, 0.25) is 0 Å². The molecule has 0 radical (unpaired) electrons. The Morgan fingerprint density at radius 3 is 2.54 bits per heavy atom. The van der Waals surface area contributed by atoms with Crippen LogP contribution in [0.1, 0.15) is 38.7 Å². The summed E-state index contributed by atoms with van der Waals surface area (Å²) in [5, 5.41) is 3.00. The Bertz CT molecular complexity index is 701. The summed E-state index contributed by atoms with van der Waals surface area (Å²) in [4.78, 5) is 12.9. The maximum atomic E-state index is 12.9. The van der Waals surface area contributed by atoms with E-state index in [0.717, 1.165) is 12.0 Å². The molecule has 0 spiro atoms. The van der Waals surface area contributed by atoms with Crippen LogP contribution in [-0.2, 0) is 14.8 Å². The van der Waals surface area contributed by atoms with Gasteiger partial charge in [-0.05, 0) is 44.2 Å². The highest BCUT2D eigenvalue weighted by Crippen LogP contribution is 2.24. The summed E-state index contributed by atoms with van der Waals surface area (Å²) in [5.74, 6) is 0.0173. The van der Waals surface area contributed by atoms with Crippen molar-refractivity contribution in [2.24, 2.45) is 17.6 Å². The zero-order valence-electron chi connectivity index (χ0n) is 15.9. The average Bonchev–Trinajstić information content (AvgIpc) is 2.61. The summed E-state index contributed by atoms with van der Waals surface area (Å²) in [5.41, 5.74) is 6.77. The molecule has 2 atom stereocenters. The molecule has 1 aliphatic rings. The van der Waals surface area contributed by atoms with Gasteiger partial charge in [-0.3, -0.25) is 4.79 Å². The third-order valence-electron chi connectivity index (χ3n) is 4.80. The normalized spacial score (nSPS) is 20.1. The average molecular weight is 382 g/mol. The topological polar surface area (TPSA) is 92.5 Å². The number of benzene rings is 1. The second-order valence-corrected chi connectivity index (χ2v) is 9.52. The highest BCUT2D eigenvalue weighted by molar-refractivity contribution is 7.89. The quantitative estimate of drug-likeness (QED) is 0.754. The van der Waals surface area contributed by atoms with Gasteiger partial charge in [0.1, 0.15) is 0 Å². The van der Waals surface area contributed by atoms with Crippen LogP contribution in [0.3, 0.4) is 0 Å². The summed E-state index contributed by atoms with van der Waals surface area (Å²) < 4.78 is 27.2. The fourth-order valence-electron chi connectivity index (χ4n) is 3.34. The lowest BCUT2D eigenvalue weighted by molar-refractivity contribution is -0.126. The first-order valence-electron chi connectivity index (χ1n) is 9.31. The molecule has 2 unspecified atom stereocenters. The van der Waals surface area contributed by atoms with E-state index in [1.807, 2.05) is 6.92 Å². The Morgan fingerprint density at radius 1 is 1.31 bits per heavy atom. The second kappa shape index (κ2) is 8.97. The van der Waals surface area contributed by atoms with Crippen molar-refractivity contribution in [2.45, 2.75) is 51.0 Å². The van der Waals surface area contributed by atoms with Crippen molar-refractivity contribution in [1.29, 1.82) is 0 Å². The second-order valence-electron chi connectivity index (χ2n) is 7.59. The number of piperidine rings is 1. The minimum atomic E-state index is -3.57.